The summed E-state index contributed by atoms with van der Waals surface area (Å²) >= 11 is 1.53. The van der Waals surface area contributed by atoms with Gasteiger partial charge in [0, 0.05) is 16.6 Å². The second-order valence-electron chi connectivity index (χ2n) is 4.92. The highest BCUT2D eigenvalue weighted by Gasteiger charge is 2.16. The summed E-state index contributed by atoms with van der Waals surface area (Å²) in [6.45, 7) is 2.99. The van der Waals surface area contributed by atoms with Crippen molar-refractivity contribution in [2.75, 3.05) is 18.5 Å². The molecule has 1 aliphatic rings. The van der Waals surface area contributed by atoms with Gasteiger partial charge in [0.15, 0.2) is 11.5 Å². The van der Waals surface area contributed by atoms with Gasteiger partial charge in [-0.25, -0.2) is 0 Å². The standard InChI is InChI=1S/C17H17NO3S/c1-12(22-14-5-3-2-4-6-14)17(19)18-13-7-8-15-16(11-13)21-10-9-20-15/h2-8,11-12H,9-10H2,1H3,(H,18,19)/t12-/m0/s1. The Kier molecular flexibility index (Phi) is 4.53. The van der Waals surface area contributed by atoms with Gasteiger partial charge >= 0.3 is 0 Å². The maximum absolute atomic E-state index is 12.3. The fourth-order valence-corrected chi connectivity index (χ4v) is 3.01. The average Bonchev–Trinajstić information content (AvgIpc) is 2.55. The molecule has 114 valence electrons. The van der Waals surface area contributed by atoms with Crippen molar-refractivity contribution >= 4 is 23.4 Å². The summed E-state index contributed by atoms with van der Waals surface area (Å²) in [5.41, 5.74) is 0.717. The molecular formula is C17H17NO3S. The molecule has 0 fully saturated rings. The van der Waals surface area contributed by atoms with Gasteiger partial charge < -0.3 is 14.8 Å². The molecular weight excluding hydrogens is 298 g/mol. The van der Waals surface area contributed by atoms with Gasteiger partial charge in [-0.2, -0.15) is 0 Å². The van der Waals surface area contributed by atoms with Crippen LogP contribution in [-0.4, -0.2) is 24.4 Å². The van der Waals surface area contributed by atoms with Gasteiger partial charge in [0.1, 0.15) is 13.2 Å². The van der Waals surface area contributed by atoms with Crippen molar-refractivity contribution in [3.63, 3.8) is 0 Å². The highest BCUT2D eigenvalue weighted by Crippen LogP contribution is 2.33. The van der Waals surface area contributed by atoms with E-state index in [0.717, 1.165) is 16.3 Å². The van der Waals surface area contributed by atoms with Crippen LogP contribution in [0.1, 0.15) is 6.92 Å². The van der Waals surface area contributed by atoms with Crippen molar-refractivity contribution in [3.8, 4) is 11.5 Å². The van der Waals surface area contributed by atoms with Crippen LogP contribution >= 0.6 is 11.8 Å². The van der Waals surface area contributed by atoms with Crippen LogP contribution < -0.4 is 14.8 Å². The SMILES string of the molecule is C[C@H](Sc1ccccc1)C(=O)Nc1ccc2c(c1)OCCO2. The third-order valence-corrected chi connectivity index (χ3v) is 4.35. The highest BCUT2D eigenvalue weighted by molar-refractivity contribution is 8.00. The lowest BCUT2D eigenvalue weighted by molar-refractivity contribution is -0.115. The molecule has 1 heterocycles. The van der Waals surface area contributed by atoms with Crippen LogP contribution in [0.5, 0.6) is 11.5 Å². The highest BCUT2D eigenvalue weighted by atomic mass is 32.2. The Morgan fingerprint density at radius 1 is 1.09 bits per heavy atom. The van der Waals surface area contributed by atoms with E-state index in [1.54, 1.807) is 6.07 Å². The summed E-state index contributed by atoms with van der Waals surface area (Å²) in [7, 11) is 0. The van der Waals surface area contributed by atoms with Crippen LogP contribution in [-0.2, 0) is 4.79 Å². The number of ether oxygens (including phenoxy) is 2. The number of hydrogen-bond donors (Lipinski definition) is 1. The summed E-state index contributed by atoms with van der Waals surface area (Å²) < 4.78 is 11.0. The van der Waals surface area contributed by atoms with Crippen molar-refractivity contribution < 1.29 is 14.3 Å². The summed E-state index contributed by atoms with van der Waals surface area (Å²) in [6, 6.07) is 15.3. The van der Waals surface area contributed by atoms with Gasteiger partial charge in [-0.05, 0) is 31.2 Å². The van der Waals surface area contributed by atoms with Crippen LogP contribution in [0.15, 0.2) is 53.4 Å². The quantitative estimate of drug-likeness (QED) is 0.876. The van der Waals surface area contributed by atoms with Gasteiger partial charge in [0.25, 0.3) is 0 Å². The smallest absolute Gasteiger partial charge is 0.237 e. The zero-order valence-corrected chi connectivity index (χ0v) is 13.1. The van der Waals surface area contributed by atoms with Gasteiger partial charge in [0.2, 0.25) is 5.91 Å². The van der Waals surface area contributed by atoms with Crippen molar-refractivity contribution in [3.05, 3.63) is 48.5 Å². The Morgan fingerprint density at radius 3 is 2.59 bits per heavy atom. The van der Waals surface area contributed by atoms with E-state index in [1.807, 2.05) is 49.4 Å². The summed E-state index contributed by atoms with van der Waals surface area (Å²) in [6.07, 6.45) is 0. The number of carbonyl (C=O) groups is 1. The fourth-order valence-electron chi connectivity index (χ4n) is 2.12. The second kappa shape index (κ2) is 6.75. The fraction of sp³-hybridized carbons (Fsp3) is 0.235. The number of thioether (sulfide) groups is 1. The molecule has 1 atom stereocenters. The van der Waals surface area contributed by atoms with Crippen LogP contribution in [0.2, 0.25) is 0 Å². The van der Waals surface area contributed by atoms with Crippen molar-refractivity contribution in [1.82, 2.24) is 0 Å². The predicted octanol–water partition coefficient (Wildman–Crippen LogP) is 3.58. The maximum Gasteiger partial charge on any atom is 0.237 e. The summed E-state index contributed by atoms with van der Waals surface area (Å²) in [4.78, 5) is 13.4. The molecule has 3 rings (SSSR count). The topological polar surface area (TPSA) is 47.6 Å². The predicted molar refractivity (Wildman–Crippen MR) is 87.8 cm³/mol. The number of amides is 1. The Labute approximate surface area is 133 Å². The number of rotatable bonds is 4. The Bertz CT molecular complexity index is 660. The third-order valence-electron chi connectivity index (χ3n) is 3.24. The van der Waals surface area contributed by atoms with E-state index < -0.39 is 0 Å². The monoisotopic (exact) mass is 315 g/mol. The molecule has 2 aromatic carbocycles. The van der Waals surface area contributed by atoms with Gasteiger partial charge in [0.05, 0.1) is 5.25 Å². The summed E-state index contributed by atoms with van der Waals surface area (Å²) in [5, 5.41) is 2.73. The first-order chi connectivity index (χ1) is 10.7. The molecule has 5 heteroatoms. The van der Waals surface area contributed by atoms with Gasteiger partial charge in [-0.15, -0.1) is 11.8 Å². The van der Waals surface area contributed by atoms with E-state index in [-0.39, 0.29) is 11.2 Å². The molecule has 1 N–H and O–H groups in total. The molecule has 1 aliphatic heterocycles. The first-order valence-corrected chi connectivity index (χ1v) is 8.02. The number of hydrogen-bond acceptors (Lipinski definition) is 4. The van der Waals surface area contributed by atoms with E-state index in [2.05, 4.69) is 5.32 Å². The zero-order valence-electron chi connectivity index (χ0n) is 12.2. The Balaban J connectivity index is 1.63. The van der Waals surface area contributed by atoms with Crippen LogP contribution in [0.25, 0.3) is 0 Å². The molecule has 22 heavy (non-hydrogen) atoms. The molecule has 4 nitrogen and oxygen atoms in total. The maximum atomic E-state index is 12.3. The van der Waals surface area contributed by atoms with E-state index in [0.29, 0.717) is 19.0 Å². The zero-order chi connectivity index (χ0) is 15.4. The minimum absolute atomic E-state index is 0.0365. The lowest BCUT2D eigenvalue weighted by Crippen LogP contribution is -2.22. The molecule has 0 aliphatic carbocycles. The molecule has 0 unspecified atom stereocenters. The molecule has 0 radical (unpaired) electrons. The third kappa shape index (κ3) is 3.54. The average molecular weight is 315 g/mol. The van der Waals surface area contributed by atoms with Crippen LogP contribution in [0, 0.1) is 0 Å². The lowest BCUT2D eigenvalue weighted by Gasteiger charge is -2.19. The number of benzene rings is 2. The van der Waals surface area contributed by atoms with Crippen LogP contribution in [0.3, 0.4) is 0 Å². The minimum atomic E-state index is -0.185. The molecule has 2 aromatic rings. The minimum Gasteiger partial charge on any atom is -0.486 e. The number of anilines is 1. The Hall–Kier alpha value is -2.14. The molecule has 0 saturated heterocycles. The van der Waals surface area contributed by atoms with E-state index in [1.165, 1.54) is 11.8 Å². The van der Waals surface area contributed by atoms with Crippen molar-refractivity contribution in [1.29, 1.82) is 0 Å². The number of carbonyl (C=O) groups excluding carboxylic acids is 1. The molecule has 0 saturated carbocycles. The van der Waals surface area contributed by atoms with E-state index in [4.69, 9.17) is 9.47 Å². The molecule has 0 bridgehead atoms. The van der Waals surface area contributed by atoms with Gasteiger partial charge in [-0.1, -0.05) is 18.2 Å². The molecule has 0 spiro atoms. The largest absolute Gasteiger partial charge is 0.486 e. The lowest BCUT2D eigenvalue weighted by atomic mass is 10.2. The molecule has 1 amide bonds. The van der Waals surface area contributed by atoms with E-state index in [9.17, 15) is 4.79 Å². The second-order valence-corrected chi connectivity index (χ2v) is 6.34. The normalized spacial score (nSPS) is 14.2. The Morgan fingerprint density at radius 2 is 1.82 bits per heavy atom. The number of nitrogens with one attached hydrogen (secondary N) is 1. The first kappa shape index (κ1) is 14.8. The molecule has 0 aromatic heterocycles. The number of fused-ring (bicyclic) bond motifs is 1. The van der Waals surface area contributed by atoms with Crippen molar-refractivity contribution in [2.45, 2.75) is 17.1 Å². The van der Waals surface area contributed by atoms with Crippen molar-refractivity contribution in [2.24, 2.45) is 0 Å². The summed E-state index contributed by atoms with van der Waals surface area (Å²) in [5.74, 6) is 1.36. The van der Waals surface area contributed by atoms with Gasteiger partial charge in [-0.3, -0.25) is 4.79 Å². The van der Waals surface area contributed by atoms with Crippen LogP contribution in [0.4, 0.5) is 5.69 Å². The van der Waals surface area contributed by atoms with E-state index >= 15 is 0 Å². The first-order valence-electron chi connectivity index (χ1n) is 7.14.